The van der Waals surface area contributed by atoms with E-state index >= 15 is 0 Å². The van der Waals surface area contributed by atoms with E-state index in [0.29, 0.717) is 0 Å². The molecule has 3 nitrogen and oxygen atoms in total. The van der Waals surface area contributed by atoms with Crippen LogP contribution in [0, 0.1) is 55.4 Å². The summed E-state index contributed by atoms with van der Waals surface area (Å²) in [7, 11) is 0. The molecule has 0 spiro atoms. The first kappa shape index (κ1) is 86.6. The molecular weight excluding hydrogens is 1780 g/mol. The lowest BCUT2D eigenvalue weighted by molar-refractivity contribution is 1.32. The molecule has 0 unspecified atom stereocenters. The molecule has 0 saturated heterocycles. The van der Waals surface area contributed by atoms with Crippen LogP contribution in [0.15, 0.2) is 431 Å². The van der Waals surface area contributed by atoms with E-state index in [1.165, 1.54) is 264 Å². The van der Waals surface area contributed by atoms with Gasteiger partial charge in [0.15, 0.2) is 0 Å². The van der Waals surface area contributed by atoms with Gasteiger partial charge in [0.2, 0.25) is 0 Å². The Kier molecular flexibility index (Phi) is 21.4. The Labute approximate surface area is 842 Å². The molecule has 22 aromatic carbocycles. The molecule has 28 rings (SSSR count). The minimum absolute atomic E-state index is 0.975. The Morgan fingerprint density at radius 1 is 0.147 bits per heavy atom. The lowest BCUT2D eigenvalue weighted by Crippen LogP contribution is -1.94. The Hall–Kier alpha value is -16.7. The molecule has 0 saturated carbocycles. The highest BCUT2D eigenvalue weighted by molar-refractivity contribution is 7.27. The maximum atomic E-state index is 5.60. The predicted octanol–water partition coefficient (Wildman–Crippen LogP) is 39.9. The van der Waals surface area contributed by atoms with Crippen LogP contribution in [0.1, 0.15) is 44.5 Å². The molecule has 676 valence electrons. The smallest absolute Gasteiger partial charge is 0.0794 e. The number of fused-ring (bicyclic) bond motifs is 27. The van der Waals surface area contributed by atoms with Gasteiger partial charge < -0.3 is 0 Å². The Bertz CT molecular complexity index is 10100. The van der Waals surface area contributed by atoms with Crippen molar-refractivity contribution >= 4 is 192 Å². The quantitative estimate of drug-likeness (QED) is 0.128. The summed E-state index contributed by atoms with van der Waals surface area (Å²) in [5, 5.41) is 26.3. The second-order valence-corrected chi connectivity index (χ2v) is 41.9. The highest BCUT2D eigenvalue weighted by Gasteiger charge is 2.24. The molecule has 0 radical (unpaired) electrons. The number of hydrogen-bond donors (Lipinski definition) is 0. The van der Waals surface area contributed by atoms with Crippen LogP contribution < -0.4 is 0 Å². The number of rotatable bonds is 10. The van der Waals surface area contributed by atoms with Crippen molar-refractivity contribution in [1.29, 1.82) is 0 Å². The largest absolute Gasteiger partial charge is 0.247 e. The van der Waals surface area contributed by atoms with Crippen molar-refractivity contribution in [2.75, 3.05) is 0 Å². The van der Waals surface area contributed by atoms with E-state index in [0.717, 1.165) is 50.3 Å². The summed E-state index contributed by atoms with van der Waals surface area (Å²) in [5.74, 6) is 0. The molecule has 0 aliphatic carbocycles. The van der Waals surface area contributed by atoms with Crippen molar-refractivity contribution in [3.63, 3.8) is 0 Å². The van der Waals surface area contributed by atoms with Crippen LogP contribution in [-0.2, 0) is 0 Å². The van der Waals surface area contributed by atoms with Gasteiger partial charge in [-0.25, -0.2) is 15.0 Å². The van der Waals surface area contributed by atoms with E-state index in [4.69, 9.17) is 15.0 Å². The average molecular weight is 1880 g/mol. The fourth-order valence-corrected chi connectivity index (χ4v) is 26.7. The number of aryl methyl sites for hydroxylation is 8. The average Bonchev–Trinajstić information content (AvgIpc) is 1.40. The second-order valence-electron chi connectivity index (χ2n) is 38.8. The normalized spacial score (nSPS) is 11.8. The van der Waals surface area contributed by atoms with Gasteiger partial charge in [-0.3, -0.25) is 0 Å². The SMILES string of the molecule is Cc1cc(C)c(-c2ccc3c(c2)c2ccc(-c4cccc(-c5cccc6c5sc5ccccc56)c4)nc2c2cc(-c4c(C)cc(C)cc4C)ccc32)c(C)c1.Cc1ccc2c(c1)c1ccc(-c3cccc(-c4cccc5c4sc4ccccc45)c3)nc1c1cc(C)ccc21.c1ccc(-c2ccc3c(c2)c2ccc(-c4cccc(-c5cccc6c5sc5ccccc56)c4)nc2c2cc(-c4ccccc4)ccc32)cc1. The Morgan fingerprint density at radius 2 is 0.406 bits per heavy atom. The Balaban J connectivity index is 0.000000111. The molecule has 0 amide bonds. The van der Waals surface area contributed by atoms with Gasteiger partial charge >= 0.3 is 0 Å². The predicted molar refractivity (Wildman–Crippen MR) is 621 cm³/mol. The van der Waals surface area contributed by atoms with Crippen LogP contribution in [0.3, 0.4) is 0 Å². The van der Waals surface area contributed by atoms with E-state index in [-0.39, 0.29) is 0 Å². The molecule has 6 heterocycles. The van der Waals surface area contributed by atoms with Crippen LogP contribution >= 0.6 is 34.0 Å². The maximum absolute atomic E-state index is 5.60. The first-order valence-electron chi connectivity index (χ1n) is 49.3. The van der Waals surface area contributed by atoms with Crippen LogP contribution in [0.2, 0.25) is 0 Å². The van der Waals surface area contributed by atoms with E-state index in [1.54, 1.807) is 0 Å². The van der Waals surface area contributed by atoms with Gasteiger partial charge in [-0.1, -0.05) is 350 Å². The van der Waals surface area contributed by atoms with Gasteiger partial charge in [-0.15, -0.1) is 34.0 Å². The van der Waals surface area contributed by atoms with Crippen LogP contribution in [0.5, 0.6) is 0 Å². The van der Waals surface area contributed by atoms with Crippen LogP contribution in [-0.4, -0.2) is 15.0 Å². The van der Waals surface area contributed by atoms with Crippen LogP contribution in [0.4, 0.5) is 0 Å². The number of benzene rings is 22. The van der Waals surface area contributed by atoms with Gasteiger partial charge in [0, 0.05) is 110 Å². The second kappa shape index (κ2) is 35.3. The Morgan fingerprint density at radius 3 is 0.776 bits per heavy atom. The third kappa shape index (κ3) is 15.3. The highest BCUT2D eigenvalue weighted by atomic mass is 32.1. The molecule has 28 aromatic rings. The number of pyridine rings is 3. The molecule has 143 heavy (non-hydrogen) atoms. The fourth-order valence-electron chi connectivity index (χ4n) is 23.0. The zero-order chi connectivity index (χ0) is 95.9. The van der Waals surface area contributed by atoms with Crippen molar-refractivity contribution in [3.8, 4) is 112 Å². The molecule has 0 fully saturated rings. The van der Waals surface area contributed by atoms with Gasteiger partial charge in [0.1, 0.15) is 0 Å². The molecule has 0 N–H and O–H groups in total. The molecule has 0 bridgehead atoms. The number of nitrogens with zero attached hydrogens (tertiary/aromatic N) is 3. The minimum Gasteiger partial charge on any atom is -0.247 e. The van der Waals surface area contributed by atoms with Crippen molar-refractivity contribution in [1.82, 2.24) is 15.0 Å². The lowest BCUT2D eigenvalue weighted by atomic mass is 9.88. The number of hydrogen-bond acceptors (Lipinski definition) is 6. The molecule has 6 heteroatoms. The molecule has 0 aliphatic rings. The maximum Gasteiger partial charge on any atom is 0.0794 e. The summed E-state index contributed by atoms with van der Waals surface area (Å²) >= 11 is 5.63. The van der Waals surface area contributed by atoms with Gasteiger partial charge in [-0.2, -0.15) is 0 Å². The van der Waals surface area contributed by atoms with Crippen LogP contribution in [0.25, 0.3) is 270 Å². The van der Waals surface area contributed by atoms with Crippen molar-refractivity contribution in [3.05, 3.63) is 475 Å². The number of aromatic nitrogens is 3. The zero-order valence-corrected chi connectivity index (χ0v) is 83.0. The minimum atomic E-state index is 0.975. The summed E-state index contributed by atoms with van der Waals surface area (Å²) in [6.45, 7) is 17.6. The third-order valence-electron chi connectivity index (χ3n) is 29.4. The summed E-state index contributed by atoms with van der Waals surface area (Å²) in [6.07, 6.45) is 0. The van der Waals surface area contributed by atoms with E-state index in [1.807, 2.05) is 34.0 Å². The lowest BCUT2D eigenvalue weighted by Gasteiger charge is -2.17. The molecule has 6 aromatic heterocycles. The van der Waals surface area contributed by atoms with E-state index < -0.39 is 0 Å². The van der Waals surface area contributed by atoms with Crippen molar-refractivity contribution in [2.24, 2.45) is 0 Å². The summed E-state index contributed by atoms with van der Waals surface area (Å²) in [5.41, 5.74) is 37.2. The van der Waals surface area contributed by atoms with Gasteiger partial charge in [0.05, 0.1) is 33.6 Å². The molecular formula is C137H95N3S3. The zero-order valence-electron chi connectivity index (χ0n) is 80.6. The molecule has 0 atom stereocenters. The van der Waals surface area contributed by atoms with E-state index in [9.17, 15) is 0 Å². The first-order chi connectivity index (χ1) is 70.1. The highest BCUT2D eigenvalue weighted by Crippen LogP contribution is 2.50. The summed E-state index contributed by atoms with van der Waals surface area (Å²) in [4.78, 5) is 16.4. The standard InChI is InChI=1S/C53H41NS.C47H29NS.C37H25NS/c1-30-23-32(3)50(33(4)24-30)38-17-19-41-42-20-18-39(51-34(5)25-31(2)26-35(51)6)29-47(42)52-44(46(41)28-38)21-22-48(54-52)37-12-9-11-36(27-37)40-14-10-15-45-43-13-7-8-16-49(43)55-53(40)45;1-3-11-30(12-4-1)32-21-23-37-38-24-22-33(31-13-5-2-6-14-31)29-43(38)46-40(42(37)28-32)25-26-44(48-46)35-16-9-15-34(27-35)36-18-10-19-41-39-17-7-8-20-45(39)49-47(36)41;1-22-13-15-27-28-16-14-23(2)20-33(28)36-30(32(27)19-22)17-18-34(38-36)25-8-5-7-24(21-25)26-10-6-11-31-29-9-3-4-12-35(29)39-37(26)31/h7-29H,1-6H3;1-29H;3-21H,1-2H3. The van der Waals surface area contributed by atoms with Gasteiger partial charge in [-0.05, 0) is 307 Å². The molecule has 0 aliphatic heterocycles. The van der Waals surface area contributed by atoms with Crippen molar-refractivity contribution < 1.29 is 0 Å². The topological polar surface area (TPSA) is 38.7 Å². The summed E-state index contributed by atoms with van der Waals surface area (Å²) in [6, 6.07) is 158. The van der Waals surface area contributed by atoms with Gasteiger partial charge in [0.25, 0.3) is 0 Å². The van der Waals surface area contributed by atoms with E-state index in [2.05, 4.69) is 486 Å². The fraction of sp³-hybridized carbons (Fsp3) is 0.0584. The monoisotopic (exact) mass is 1880 g/mol. The number of thiophene rings is 3. The summed E-state index contributed by atoms with van der Waals surface area (Å²) < 4.78 is 7.97. The third-order valence-corrected chi connectivity index (χ3v) is 33.0. The first-order valence-corrected chi connectivity index (χ1v) is 51.7. The van der Waals surface area contributed by atoms with Crippen molar-refractivity contribution in [2.45, 2.75) is 55.4 Å².